The maximum absolute atomic E-state index is 10.5. The first kappa shape index (κ1) is 13.1. The van der Waals surface area contributed by atoms with Crippen molar-refractivity contribution in [1.29, 1.82) is 0 Å². The minimum atomic E-state index is -0.342. The van der Waals surface area contributed by atoms with Crippen LogP contribution in [0, 0.1) is 22.0 Å². The van der Waals surface area contributed by atoms with Crippen molar-refractivity contribution >= 4 is 16.3 Å². The molecule has 0 saturated carbocycles. The Hall–Kier alpha value is -0.940. The molecule has 1 atom stereocenters. The van der Waals surface area contributed by atoms with Crippen molar-refractivity contribution in [1.82, 2.24) is 5.32 Å². The fourth-order valence-corrected chi connectivity index (χ4v) is 1.96. The highest BCUT2D eigenvalue weighted by Crippen LogP contribution is 2.22. The van der Waals surface area contributed by atoms with Crippen LogP contribution in [0.1, 0.15) is 26.3 Å². The lowest BCUT2D eigenvalue weighted by atomic mass is 9.98. The number of nitro groups is 1. The Morgan fingerprint density at radius 1 is 1.50 bits per heavy atom. The van der Waals surface area contributed by atoms with Gasteiger partial charge in [0, 0.05) is 18.0 Å². The van der Waals surface area contributed by atoms with Crippen LogP contribution in [0.3, 0.4) is 0 Å². The maximum Gasteiger partial charge on any atom is 0.324 e. The zero-order chi connectivity index (χ0) is 12.1. The number of nitrogens with one attached hydrogen (secondary N) is 1. The molecule has 90 valence electrons. The van der Waals surface area contributed by atoms with Crippen molar-refractivity contribution in [3.05, 3.63) is 27.1 Å². The second kappa shape index (κ2) is 5.96. The molecule has 0 fully saturated rings. The number of thiophene rings is 1. The molecule has 1 rings (SSSR count). The van der Waals surface area contributed by atoms with E-state index in [-0.39, 0.29) is 9.92 Å². The van der Waals surface area contributed by atoms with Gasteiger partial charge in [0.05, 0.1) is 4.92 Å². The van der Waals surface area contributed by atoms with Crippen molar-refractivity contribution in [3.8, 4) is 0 Å². The highest BCUT2D eigenvalue weighted by Gasteiger charge is 2.10. The van der Waals surface area contributed by atoms with E-state index in [0.29, 0.717) is 18.4 Å². The summed E-state index contributed by atoms with van der Waals surface area (Å²) in [4.78, 5) is 10.1. The molecule has 1 aromatic rings. The van der Waals surface area contributed by atoms with E-state index < -0.39 is 0 Å². The minimum Gasteiger partial charge on any atom is -0.312 e. The fourth-order valence-electron chi connectivity index (χ4n) is 1.23. The Morgan fingerprint density at radius 3 is 2.69 bits per heavy atom. The summed E-state index contributed by atoms with van der Waals surface area (Å²) in [5.74, 6) is 1.28. The summed E-state index contributed by atoms with van der Waals surface area (Å²) in [6, 6.07) is 1.64. The smallest absolute Gasteiger partial charge is 0.312 e. The second-order valence-corrected chi connectivity index (χ2v) is 5.29. The highest BCUT2D eigenvalue weighted by atomic mass is 32.1. The summed E-state index contributed by atoms with van der Waals surface area (Å²) in [6.07, 6.45) is 0. The van der Waals surface area contributed by atoms with Gasteiger partial charge < -0.3 is 5.32 Å². The molecule has 0 aliphatic carbocycles. The Kier molecular flexibility index (Phi) is 4.89. The molecule has 0 spiro atoms. The van der Waals surface area contributed by atoms with Gasteiger partial charge >= 0.3 is 5.00 Å². The van der Waals surface area contributed by atoms with E-state index in [9.17, 15) is 10.1 Å². The molecule has 16 heavy (non-hydrogen) atoms. The van der Waals surface area contributed by atoms with Crippen LogP contribution >= 0.6 is 11.3 Å². The molecule has 0 amide bonds. The summed E-state index contributed by atoms with van der Waals surface area (Å²) >= 11 is 1.18. The normalized spacial score (nSPS) is 13.0. The van der Waals surface area contributed by atoms with E-state index in [1.165, 1.54) is 11.3 Å². The molecule has 0 saturated heterocycles. The Bertz CT molecular complexity index is 350. The molecule has 5 heteroatoms. The third kappa shape index (κ3) is 3.90. The molecule has 4 nitrogen and oxygen atoms in total. The van der Waals surface area contributed by atoms with Gasteiger partial charge in [0.1, 0.15) is 0 Å². The van der Waals surface area contributed by atoms with Gasteiger partial charge in [0.15, 0.2) is 0 Å². The lowest BCUT2D eigenvalue weighted by Gasteiger charge is -2.15. The van der Waals surface area contributed by atoms with Gasteiger partial charge in [-0.3, -0.25) is 10.1 Å². The third-order valence-electron chi connectivity index (χ3n) is 2.75. The molecular formula is C11H18N2O2S. The van der Waals surface area contributed by atoms with E-state index >= 15 is 0 Å². The average Bonchev–Trinajstić information content (AvgIpc) is 2.66. The van der Waals surface area contributed by atoms with Crippen LogP contribution in [0.4, 0.5) is 5.00 Å². The predicted molar refractivity (Wildman–Crippen MR) is 66.7 cm³/mol. The van der Waals surface area contributed by atoms with Gasteiger partial charge in [-0.1, -0.05) is 32.1 Å². The quantitative estimate of drug-likeness (QED) is 0.616. The molecule has 1 N–H and O–H groups in total. The molecule has 0 aliphatic rings. The standard InChI is InChI=1S/C11H18N2O2S/c1-8(2)9(3)5-12-6-10-4-11(13(14)15)16-7-10/h4,7-9,12H,5-6H2,1-3H3. The van der Waals surface area contributed by atoms with E-state index in [1.54, 1.807) is 6.07 Å². The zero-order valence-corrected chi connectivity index (χ0v) is 10.7. The van der Waals surface area contributed by atoms with Gasteiger partial charge in [-0.2, -0.15) is 0 Å². The summed E-state index contributed by atoms with van der Waals surface area (Å²) < 4.78 is 0. The molecule has 1 heterocycles. The van der Waals surface area contributed by atoms with Crippen LogP contribution in [-0.2, 0) is 6.54 Å². The van der Waals surface area contributed by atoms with Crippen LogP contribution in [0.25, 0.3) is 0 Å². The summed E-state index contributed by atoms with van der Waals surface area (Å²) in [5.41, 5.74) is 0.993. The first-order valence-electron chi connectivity index (χ1n) is 5.43. The Labute approximate surface area is 99.8 Å². The first-order chi connectivity index (χ1) is 7.50. The van der Waals surface area contributed by atoms with Crippen LogP contribution in [0.15, 0.2) is 11.4 Å². The number of rotatable bonds is 6. The molecular weight excluding hydrogens is 224 g/mol. The SMILES string of the molecule is CC(C)C(C)CNCc1csc([N+](=O)[O-])c1. The molecule has 0 bridgehead atoms. The lowest BCUT2D eigenvalue weighted by molar-refractivity contribution is -0.380. The van der Waals surface area contributed by atoms with Crippen LogP contribution in [0.2, 0.25) is 0 Å². The van der Waals surface area contributed by atoms with E-state index in [0.717, 1.165) is 12.1 Å². The van der Waals surface area contributed by atoms with E-state index in [2.05, 4.69) is 26.1 Å². The van der Waals surface area contributed by atoms with Gasteiger partial charge in [-0.05, 0) is 23.9 Å². The Morgan fingerprint density at radius 2 is 2.19 bits per heavy atom. The van der Waals surface area contributed by atoms with Gasteiger partial charge in [-0.25, -0.2) is 0 Å². The van der Waals surface area contributed by atoms with Crippen molar-refractivity contribution in [2.24, 2.45) is 11.8 Å². The Balaban J connectivity index is 2.35. The fraction of sp³-hybridized carbons (Fsp3) is 0.636. The minimum absolute atomic E-state index is 0.216. The summed E-state index contributed by atoms with van der Waals surface area (Å²) in [7, 11) is 0. The topological polar surface area (TPSA) is 55.2 Å². The average molecular weight is 242 g/mol. The van der Waals surface area contributed by atoms with E-state index in [1.807, 2.05) is 5.38 Å². The highest BCUT2D eigenvalue weighted by molar-refractivity contribution is 7.13. The van der Waals surface area contributed by atoms with Crippen molar-refractivity contribution in [2.75, 3.05) is 6.54 Å². The van der Waals surface area contributed by atoms with Crippen LogP contribution in [0.5, 0.6) is 0 Å². The molecule has 1 unspecified atom stereocenters. The van der Waals surface area contributed by atoms with Gasteiger partial charge in [0.2, 0.25) is 0 Å². The lowest BCUT2D eigenvalue weighted by Crippen LogP contribution is -2.23. The van der Waals surface area contributed by atoms with Gasteiger partial charge in [-0.15, -0.1) is 0 Å². The third-order valence-corrected chi connectivity index (χ3v) is 3.68. The molecule has 0 radical (unpaired) electrons. The monoisotopic (exact) mass is 242 g/mol. The number of hydrogen-bond acceptors (Lipinski definition) is 4. The zero-order valence-electron chi connectivity index (χ0n) is 9.90. The second-order valence-electron chi connectivity index (χ2n) is 4.40. The molecule has 0 aromatic carbocycles. The van der Waals surface area contributed by atoms with Crippen LogP contribution in [-0.4, -0.2) is 11.5 Å². The summed E-state index contributed by atoms with van der Waals surface area (Å²) in [6.45, 7) is 8.25. The molecule has 1 aromatic heterocycles. The molecule has 0 aliphatic heterocycles. The largest absolute Gasteiger partial charge is 0.324 e. The van der Waals surface area contributed by atoms with Crippen molar-refractivity contribution in [3.63, 3.8) is 0 Å². The number of nitrogens with zero attached hydrogens (tertiary/aromatic N) is 1. The van der Waals surface area contributed by atoms with E-state index in [4.69, 9.17) is 0 Å². The van der Waals surface area contributed by atoms with Crippen molar-refractivity contribution in [2.45, 2.75) is 27.3 Å². The van der Waals surface area contributed by atoms with Crippen LogP contribution < -0.4 is 5.32 Å². The van der Waals surface area contributed by atoms with Crippen molar-refractivity contribution < 1.29 is 4.92 Å². The predicted octanol–water partition coefficient (Wildman–Crippen LogP) is 3.04. The number of hydrogen-bond donors (Lipinski definition) is 1. The summed E-state index contributed by atoms with van der Waals surface area (Å²) in [5, 5.41) is 15.9. The van der Waals surface area contributed by atoms with Gasteiger partial charge in [0.25, 0.3) is 0 Å². The maximum atomic E-state index is 10.5. The first-order valence-corrected chi connectivity index (χ1v) is 6.31.